The fourth-order valence-electron chi connectivity index (χ4n) is 0.729. The Kier molecular flexibility index (Phi) is 6.89. The van der Waals surface area contributed by atoms with Crippen LogP contribution in [-0.4, -0.2) is 23.2 Å². The number of hydrogen-bond acceptors (Lipinski definition) is 9. The smallest absolute Gasteiger partial charge is 0.0880 e. The summed E-state index contributed by atoms with van der Waals surface area (Å²) in [7, 11) is 0. The van der Waals surface area contributed by atoms with E-state index in [1.165, 1.54) is 0 Å². The lowest BCUT2D eigenvalue weighted by molar-refractivity contribution is -0.263. The third-order valence-corrected chi connectivity index (χ3v) is 1.36. The Morgan fingerprint density at radius 2 is 1.62 bits per heavy atom. The lowest BCUT2D eigenvalue weighted by atomic mass is 10.2. The summed E-state index contributed by atoms with van der Waals surface area (Å²) < 4.78 is 0. The Morgan fingerprint density at radius 1 is 1.15 bits per heavy atom. The van der Waals surface area contributed by atoms with E-state index in [0.717, 1.165) is 0 Å². The van der Waals surface area contributed by atoms with Crippen LogP contribution in [0.3, 0.4) is 0 Å². The van der Waals surface area contributed by atoms with Gasteiger partial charge in [-0.15, -0.1) is 0 Å². The maximum Gasteiger partial charge on any atom is 0.0880 e. The highest BCUT2D eigenvalue weighted by Gasteiger charge is 2.12. The molecule has 0 fully saturated rings. The quantitative estimate of drug-likeness (QED) is 0.317. The molecule has 9 nitrogen and oxygen atoms in total. The first kappa shape index (κ1) is 12.6. The third kappa shape index (κ3) is 4.42. The number of nitrogens with zero attached hydrogens (tertiary/aromatic N) is 2. The molecular weight excluding hydrogens is 182 g/mol. The molecule has 0 saturated carbocycles. The van der Waals surface area contributed by atoms with Crippen LogP contribution in [0, 0.1) is 10.4 Å². The molecule has 0 atom stereocenters. The largest absolute Gasteiger partial charge is 0.759 e. The summed E-state index contributed by atoms with van der Waals surface area (Å²) in [6.45, 7) is 0.327. The Bertz CT molecular complexity index is 117. The zero-order valence-electron chi connectivity index (χ0n) is 6.96. The number of hydroxylamine groups is 4. The van der Waals surface area contributed by atoms with E-state index in [9.17, 15) is 10.4 Å². The lowest BCUT2D eigenvalue weighted by Gasteiger charge is -2.42. The predicted octanol–water partition coefficient (Wildman–Crippen LogP) is -1.74. The molecule has 0 heterocycles. The Morgan fingerprint density at radius 3 is 1.92 bits per heavy atom. The van der Waals surface area contributed by atoms with Gasteiger partial charge in [0.1, 0.15) is 0 Å². The Balaban J connectivity index is 4.01. The second kappa shape index (κ2) is 7.08. The van der Waals surface area contributed by atoms with Crippen molar-refractivity contribution in [1.29, 1.82) is 0 Å². The molecule has 13 heavy (non-hydrogen) atoms. The van der Waals surface area contributed by atoms with E-state index in [1.54, 1.807) is 0 Å². The number of hydrogen-bond donors (Lipinski definition) is 3. The molecule has 6 N–H and O–H groups in total. The average molecular weight is 195 g/mol. The zero-order chi connectivity index (χ0) is 10.3. The maximum absolute atomic E-state index is 10.8. The highest BCUT2D eigenvalue weighted by atomic mass is 17.0. The molecule has 0 aliphatic rings. The number of nitrogens with two attached hydrogens (primary N) is 3. The molecule has 0 aromatic heterocycles. The maximum atomic E-state index is 10.8. The normalized spacial score (nSPS) is 12.0. The van der Waals surface area contributed by atoms with Crippen LogP contribution < -0.4 is 17.5 Å². The highest BCUT2D eigenvalue weighted by Crippen LogP contribution is 2.08. The van der Waals surface area contributed by atoms with Gasteiger partial charge in [-0.1, -0.05) is 0 Å². The molecule has 0 aromatic rings. The number of rotatable bonds is 7. The molecule has 0 bridgehead atoms. The van der Waals surface area contributed by atoms with Gasteiger partial charge in [-0.2, -0.15) is 11.8 Å². The molecule has 0 radical (unpaired) electrons. The summed E-state index contributed by atoms with van der Waals surface area (Å²) in [5.41, 5.74) is 5.17. The molecule has 0 amide bonds. The molecule has 0 rings (SSSR count). The Hall–Kier alpha value is -0.360. The summed E-state index contributed by atoms with van der Waals surface area (Å²) in [5.74, 6) is 9.11. The fourth-order valence-corrected chi connectivity index (χ4v) is 0.729. The van der Waals surface area contributed by atoms with Gasteiger partial charge < -0.3 is 16.1 Å². The van der Waals surface area contributed by atoms with Gasteiger partial charge >= 0.3 is 0 Å². The van der Waals surface area contributed by atoms with Crippen LogP contribution in [-0.2, 0) is 9.88 Å². The molecule has 0 aliphatic heterocycles. The SMILES string of the molecule is NCCCC(N([O-])ON)N([O-])ON. The van der Waals surface area contributed by atoms with Crippen molar-refractivity contribution in [3.05, 3.63) is 10.4 Å². The van der Waals surface area contributed by atoms with Gasteiger partial charge in [0, 0.05) is 0 Å². The summed E-state index contributed by atoms with van der Waals surface area (Å²) in [5, 5.41) is 21.3. The molecule has 80 valence electrons. The van der Waals surface area contributed by atoms with Crippen molar-refractivity contribution in [1.82, 2.24) is 10.5 Å². The molecule has 0 aromatic carbocycles. The van der Waals surface area contributed by atoms with Gasteiger partial charge in [0.25, 0.3) is 0 Å². The second-order valence-corrected chi connectivity index (χ2v) is 2.19. The summed E-state index contributed by atoms with van der Waals surface area (Å²) in [4.78, 5) is 7.58. The minimum absolute atomic E-state index is 0.116. The summed E-state index contributed by atoms with van der Waals surface area (Å²) >= 11 is 0. The zero-order valence-corrected chi connectivity index (χ0v) is 6.96. The molecule has 9 heteroatoms. The van der Waals surface area contributed by atoms with Gasteiger partial charge in [0.2, 0.25) is 0 Å². The molecule has 0 unspecified atom stereocenters. The lowest BCUT2D eigenvalue weighted by Crippen LogP contribution is -2.45. The van der Waals surface area contributed by atoms with E-state index in [0.29, 0.717) is 13.0 Å². The molecule has 0 spiro atoms. The van der Waals surface area contributed by atoms with Gasteiger partial charge in [0.05, 0.1) is 6.17 Å². The van der Waals surface area contributed by atoms with Crippen LogP contribution in [0.1, 0.15) is 12.8 Å². The van der Waals surface area contributed by atoms with Crippen molar-refractivity contribution in [2.75, 3.05) is 6.54 Å². The fraction of sp³-hybridized carbons (Fsp3) is 1.00. The summed E-state index contributed by atoms with van der Waals surface area (Å²) in [6.07, 6.45) is -0.675. The van der Waals surface area contributed by atoms with Gasteiger partial charge in [-0.3, -0.25) is 0 Å². The highest BCUT2D eigenvalue weighted by molar-refractivity contribution is 4.63. The molecule has 0 aliphatic carbocycles. The van der Waals surface area contributed by atoms with Gasteiger partial charge in [0.15, 0.2) is 0 Å². The van der Waals surface area contributed by atoms with Crippen LogP contribution in [0.4, 0.5) is 0 Å². The van der Waals surface area contributed by atoms with Gasteiger partial charge in [-0.05, 0) is 19.4 Å². The Labute approximate surface area is 74.9 Å². The average Bonchev–Trinajstić information content (AvgIpc) is 2.17. The van der Waals surface area contributed by atoms with E-state index in [-0.39, 0.29) is 16.9 Å². The van der Waals surface area contributed by atoms with Crippen molar-refractivity contribution in [3.63, 3.8) is 0 Å². The minimum Gasteiger partial charge on any atom is -0.759 e. The van der Waals surface area contributed by atoms with Crippen LogP contribution in [0.2, 0.25) is 0 Å². The second-order valence-electron chi connectivity index (χ2n) is 2.19. The van der Waals surface area contributed by atoms with E-state index in [4.69, 9.17) is 5.73 Å². The molecule has 0 saturated heterocycles. The van der Waals surface area contributed by atoms with E-state index < -0.39 is 6.17 Å². The molecular formula is C4H13N5O4-2. The first-order valence-corrected chi connectivity index (χ1v) is 3.53. The van der Waals surface area contributed by atoms with E-state index in [2.05, 4.69) is 21.7 Å². The first-order valence-electron chi connectivity index (χ1n) is 3.53. The topological polar surface area (TPSA) is 149 Å². The van der Waals surface area contributed by atoms with Gasteiger partial charge in [-0.25, -0.2) is 20.3 Å². The van der Waals surface area contributed by atoms with E-state index in [1.807, 2.05) is 0 Å². The minimum atomic E-state index is -1.25. The van der Waals surface area contributed by atoms with Crippen LogP contribution in [0.15, 0.2) is 0 Å². The van der Waals surface area contributed by atoms with Crippen LogP contribution >= 0.6 is 0 Å². The standard InChI is InChI=1S/C4H13N5O4/c5-3-1-2-4(8(10)12-6)9(11)13-7/h4H,1-3,5-7H2/q-2. The summed E-state index contributed by atoms with van der Waals surface area (Å²) in [6, 6.07) is 0. The van der Waals surface area contributed by atoms with Crippen molar-refractivity contribution in [3.8, 4) is 0 Å². The first-order chi connectivity index (χ1) is 6.17. The monoisotopic (exact) mass is 195 g/mol. The van der Waals surface area contributed by atoms with Crippen molar-refractivity contribution in [2.24, 2.45) is 17.5 Å². The predicted molar refractivity (Wildman–Crippen MR) is 43.0 cm³/mol. The van der Waals surface area contributed by atoms with Crippen LogP contribution in [0.5, 0.6) is 0 Å². The van der Waals surface area contributed by atoms with Crippen molar-refractivity contribution >= 4 is 0 Å². The van der Waals surface area contributed by atoms with Crippen molar-refractivity contribution in [2.45, 2.75) is 19.0 Å². The van der Waals surface area contributed by atoms with Crippen molar-refractivity contribution < 1.29 is 9.88 Å². The third-order valence-electron chi connectivity index (χ3n) is 1.36. The van der Waals surface area contributed by atoms with E-state index >= 15 is 0 Å². The van der Waals surface area contributed by atoms with Crippen LogP contribution in [0.25, 0.3) is 0 Å².